The van der Waals surface area contributed by atoms with Gasteiger partial charge in [0.2, 0.25) is 0 Å². The minimum Gasteiger partial charge on any atom is -0.353 e. The number of anilines is 4. The fourth-order valence-electron chi connectivity index (χ4n) is 3.97. The summed E-state index contributed by atoms with van der Waals surface area (Å²) in [4.78, 5) is 0. The Bertz CT molecular complexity index is 846. The van der Waals surface area contributed by atoms with E-state index in [1.165, 1.54) is 22.7 Å². The SMILES string of the molecule is CCC[SiH](N(c1ccccc1)c1ccccc1)N(c1ccccc1)c1ccccc1. The van der Waals surface area contributed by atoms with E-state index in [1.807, 2.05) is 0 Å². The number of hydrogen-bond donors (Lipinski definition) is 0. The van der Waals surface area contributed by atoms with E-state index in [9.17, 15) is 0 Å². The van der Waals surface area contributed by atoms with Gasteiger partial charge in [-0.25, -0.2) is 0 Å². The van der Waals surface area contributed by atoms with Crippen LogP contribution in [-0.4, -0.2) is 9.12 Å². The molecule has 4 rings (SSSR count). The first-order chi connectivity index (χ1) is 14.9. The average Bonchev–Trinajstić information content (AvgIpc) is 2.82. The lowest BCUT2D eigenvalue weighted by molar-refractivity contribution is 1.04. The molecule has 2 nitrogen and oxygen atoms in total. The summed E-state index contributed by atoms with van der Waals surface area (Å²) < 4.78 is 5.20. The molecule has 0 amide bonds. The zero-order chi connectivity index (χ0) is 20.6. The standard InChI is InChI=1S/C27H28N2Si/c1-2-23-30(28(24-15-7-3-8-16-24)25-17-9-4-10-18-25)29(26-19-11-5-12-20-26)27-21-13-6-14-22-27/h3-22,30H,2,23H2,1H3. The van der Waals surface area contributed by atoms with Crippen molar-refractivity contribution in [2.24, 2.45) is 0 Å². The molecule has 0 aliphatic carbocycles. The first-order valence-corrected chi connectivity index (χ1v) is 12.5. The molecule has 0 spiro atoms. The van der Waals surface area contributed by atoms with Gasteiger partial charge in [0.1, 0.15) is 0 Å². The Kier molecular flexibility index (Phi) is 6.63. The molecule has 0 aliphatic heterocycles. The van der Waals surface area contributed by atoms with E-state index in [0.717, 1.165) is 12.5 Å². The summed E-state index contributed by atoms with van der Waals surface area (Å²) in [5, 5.41) is 0. The van der Waals surface area contributed by atoms with Crippen molar-refractivity contribution < 1.29 is 0 Å². The van der Waals surface area contributed by atoms with Crippen molar-refractivity contribution in [3.63, 3.8) is 0 Å². The smallest absolute Gasteiger partial charge is 0.256 e. The highest BCUT2D eigenvalue weighted by Gasteiger charge is 2.30. The van der Waals surface area contributed by atoms with Gasteiger partial charge in [-0.1, -0.05) is 86.1 Å². The predicted molar refractivity (Wildman–Crippen MR) is 132 cm³/mol. The summed E-state index contributed by atoms with van der Waals surface area (Å²) in [6.07, 6.45) is 1.14. The lowest BCUT2D eigenvalue weighted by Crippen LogP contribution is -2.49. The molecule has 0 unspecified atom stereocenters. The maximum Gasteiger partial charge on any atom is 0.256 e. The van der Waals surface area contributed by atoms with E-state index in [4.69, 9.17) is 0 Å². The van der Waals surface area contributed by atoms with E-state index >= 15 is 0 Å². The molecular formula is C27H28N2Si. The minimum absolute atomic E-state index is 1.14. The molecule has 0 N–H and O–H groups in total. The van der Waals surface area contributed by atoms with Gasteiger partial charge in [-0.05, 0) is 54.6 Å². The van der Waals surface area contributed by atoms with Crippen LogP contribution in [0.4, 0.5) is 22.7 Å². The maximum atomic E-state index is 2.60. The number of benzene rings is 4. The number of nitrogens with zero attached hydrogens (tertiary/aromatic N) is 2. The lowest BCUT2D eigenvalue weighted by Gasteiger charge is -2.41. The van der Waals surface area contributed by atoms with Crippen LogP contribution in [-0.2, 0) is 0 Å². The normalized spacial score (nSPS) is 10.7. The average molecular weight is 409 g/mol. The van der Waals surface area contributed by atoms with Crippen molar-refractivity contribution in [2.75, 3.05) is 9.13 Å². The monoisotopic (exact) mass is 408 g/mol. The summed E-state index contributed by atoms with van der Waals surface area (Å²) in [6.45, 7) is 2.29. The molecular weight excluding hydrogens is 380 g/mol. The highest BCUT2D eigenvalue weighted by atomic mass is 28.3. The molecule has 0 heterocycles. The summed E-state index contributed by atoms with van der Waals surface area (Å²) >= 11 is 0. The fraction of sp³-hybridized carbons (Fsp3) is 0.111. The Morgan fingerprint density at radius 3 is 0.967 bits per heavy atom. The Morgan fingerprint density at radius 1 is 0.467 bits per heavy atom. The second-order valence-corrected chi connectivity index (χ2v) is 9.92. The molecule has 150 valence electrons. The first-order valence-electron chi connectivity index (χ1n) is 10.7. The number of para-hydroxylation sites is 4. The first kappa shape index (κ1) is 20.0. The third-order valence-corrected chi connectivity index (χ3v) is 8.76. The molecule has 30 heavy (non-hydrogen) atoms. The van der Waals surface area contributed by atoms with Crippen LogP contribution in [0.1, 0.15) is 13.3 Å². The summed E-state index contributed by atoms with van der Waals surface area (Å²) in [7, 11) is -1.70. The predicted octanol–water partition coefficient (Wildman–Crippen LogP) is 7.29. The van der Waals surface area contributed by atoms with Crippen LogP contribution in [0.25, 0.3) is 0 Å². The van der Waals surface area contributed by atoms with Crippen molar-refractivity contribution in [1.82, 2.24) is 0 Å². The molecule has 0 radical (unpaired) electrons. The van der Waals surface area contributed by atoms with Gasteiger partial charge in [0.15, 0.2) is 0 Å². The van der Waals surface area contributed by atoms with Crippen LogP contribution in [0.3, 0.4) is 0 Å². The molecule has 0 aliphatic rings. The summed E-state index contributed by atoms with van der Waals surface area (Å²) in [5.74, 6) is 0. The van der Waals surface area contributed by atoms with Gasteiger partial charge >= 0.3 is 0 Å². The van der Waals surface area contributed by atoms with E-state index in [0.29, 0.717) is 0 Å². The van der Waals surface area contributed by atoms with E-state index < -0.39 is 9.12 Å². The van der Waals surface area contributed by atoms with Crippen molar-refractivity contribution >= 4 is 31.9 Å². The molecule has 0 saturated heterocycles. The zero-order valence-electron chi connectivity index (χ0n) is 17.4. The molecule has 0 fully saturated rings. The van der Waals surface area contributed by atoms with Gasteiger partial charge in [0, 0.05) is 22.7 Å². The molecule has 4 aromatic carbocycles. The Morgan fingerprint density at radius 2 is 0.733 bits per heavy atom. The molecule has 0 atom stereocenters. The van der Waals surface area contributed by atoms with Gasteiger partial charge in [0.05, 0.1) is 0 Å². The van der Waals surface area contributed by atoms with Crippen LogP contribution in [0.5, 0.6) is 0 Å². The Balaban J connectivity index is 1.89. The van der Waals surface area contributed by atoms with Gasteiger partial charge < -0.3 is 9.13 Å². The van der Waals surface area contributed by atoms with Gasteiger partial charge in [-0.3, -0.25) is 0 Å². The maximum absolute atomic E-state index is 2.60. The molecule has 4 aromatic rings. The summed E-state index contributed by atoms with van der Waals surface area (Å²) in [5.41, 5.74) is 5.02. The molecule has 0 saturated carbocycles. The second kappa shape index (κ2) is 9.95. The van der Waals surface area contributed by atoms with Crippen LogP contribution >= 0.6 is 0 Å². The highest BCUT2D eigenvalue weighted by Crippen LogP contribution is 2.35. The third kappa shape index (κ3) is 4.47. The highest BCUT2D eigenvalue weighted by molar-refractivity contribution is 6.70. The lowest BCUT2D eigenvalue weighted by atomic mass is 10.2. The fourth-order valence-corrected chi connectivity index (χ4v) is 7.30. The quantitative estimate of drug-likeness (QED) is 0.282. The van der Waals surface area contributed by atoms with Crippen molar-refractivity contribution in [3.05, 3.63) is 121 Å². The Hall–Kier alpha value is -3.30. The second-order valence-electron chi connectivity index (χ2n) is 7.35. The van der Waals surface area contributed by atoms with Crippen molar-refractivity contribution in [2.45, 2.75) is 19.4 Å². The van der Waals surface area contributed by atoms with Crippen LogP contribution in [0.2, 0.25) is 6.04 Å². The van der Waals surface area contributed by atoms with Crippen LogP contribution in [0, 0.1) is 0 Å². The molecule has 3 heteroatoms. The van der Waals surface area contributed by atoms with Gasteiger partial charge in [0.25, 0.3) is 9.12 Å². The van der Waals surface area contributed by atoms with Gasteiger partial charge in [-0.2, -0.15) is 0 Å². The zero-order valence-corrected chi connectivity index (χ0v) is 18.6. The number of rotatable bonds is 8. The van der Waals surface area contributed by atoms with E-state index in [2.05, 4.69) is 137 Å². The summed E-state index contributed by atoms with van der Waals surface area (Å²) in [6, 6.07) is 44.5. The minimum atomic E-state index is -1.70. The Labute approximate surface area is 181 Å². The molecule has 0 aromatic heterocycles. The van der Waals surface area contributed by atoms with Crippen molar-refractivity contribution in [3.8, 4) is 0 Å². The van der Waals surface area contributed by atoms with Crippen LogP contribution in [0.15, 0.2) is 121 Å². The van der Waals surface area contributed by atoms with E-state index in [-0.39, 0.29) is 0 Å². The van der Waals surface area contributed by atoms with E-state index in [1.54, 1.807) is 0 Å². The third-order valence-electron chi connectivity index (χ3n) is 5.28. The van der Waals surface area contributed by atoms with Crippen LogP contribution < -0.4 is 9.13 Å². The largest absolute Gasteiger partial charge is 0.353 e. The number of hydrogen-bond acceptors (Lipinski definition) is 2. The topological polar surface area (TPSA) is 6.48 Å². The van der Waals surface area contributed by atoms with Gasteiger partial charge in [-0.15, -0.1) is 0 Å². The molecule has 0 bridgehead atoms. The van der Waals surface area contributed by atoms with Crippen molar-refractivity contribution in [1.29, 1.82) is 0 Å².